The van der Waals surface area contributed by atoms with Gasteiger partial charge >= 0.3 is 6.09 Å². The zero-order valence-corrected chi connectivity index (χ0v) is 32.9. The summed E-state index contributed by atoms with van der Waals surface area (Å²) in [4.78, 5) is 17.0. The molecular formula is C46H54N2O11. The summed E-state index contributed by atoms with van der Waals surface area (Å²) in [6, 6.07) is 34.7. The summed E-state index contributed by atoms with van der Waals surface area (Å²) >= 11 is 0. The molecule has 13 nitrogen and oxygen atoms in total. The van der Waals surface area contributed by atoms with Gasteiger partial charge in [0.25, 0.3) is 0 Å². The predicted octanol–water partition coefficient (Wildman–Crippen LogP) is 4.12. The smallest absolute Gasteiger partial charge is 0.409 e. The number of hydrogen-bond donors (Lipinski definition) is 5. The van der Waals surface area contributed by atoms with Gasteiger partial charge < -0.3 is 54.1 Å². The second-order valence-corrected chi connectivity index (χ2v) is 15.9. The quantitative estimate of drug-likeness (QED) is 0.131. The minimum atomic E-state index is -1.52. The molecule has 2 unspecified atom stereocenters. The summed E-state index contributed by atoms with van der Waals surface area (Å²) in [5, 5.41) is 56.9. The molecule has 0 saturated carbocycles. The van der Waals surface area contributed by atoms with Crippen molar-refractivity contribution in [1.82, 2.24) is 9.80 Å². The molecule has 3 aliphatic heterocycles. The number of carbonyl (C=O) groups excluding carboxylic acids is 1. The first kappa shape index (κ1) is 41.5. The first-order chi connectivity index (χ1) is 28.7. The normalized spacial score (nSPS) is 25.8. The van der Waals surface area contributed by atoms with Gasteiger partial charge in [-0.25, -0.2) is 4.79 Å². The van der Waals surface area contributed by atoms with Crippen LogP contribution in [0.15, 0.2) is 109 Å². The second kappa shape index (κ2) is 19.0. The van der Waals surface area contributed by atoms with Gasteiger partial charge in [0.1, 0.15) is 31.0 Å². The minimum absolute atomic E-state index is 0.0657. The van der Waals surface area contributed by atoms with Crippen LogP contribution in [0.4, 0.5) is 4.79 Å². The number of benzene rings is 4. The second-order valence-electron chi connectivity index (χ2n) is 15.9. The summed E-state index contributed by atoms with van der Waals surface area (Å²) in [6.07, 6.45) is -9.25. The molecule has 4 aliphatic rings. The highest BCUT2D eigenvalue weighted by Crippen LogP contribution is 2.44. The average molecular weight is 811 g/mol. The molecule has 9 atom stereocenters. The number of nitrogens with zero attached hydrogens (tertiary/aromatic N) is 2. The summed E-state index contributed by atoms with van der Waals surface area (Å²) < 4.78 is 29.6. The van der Waals surface area contributed by atoms with Gasteiger partial charge in [0, 0.05) is 49.3 Å². The number of carbonyl (C=O) groups is 1. The van der Waals surface area contributed by atoms with Crippen molar-refractivity contribution in [2.45, 2.75) is 86.5 Å². The van der Waals surface area contributed by atoms with Gasteiger partial charge in [-0.3, -0.25) is 4.90 Å². The standard InChI is InChI=1S/C46H54N2O11/c49-37(41(52)40-21-24-55-44(58-40)29-11-3-1-4-12-29)25-48(26-38(50)42(53)43-39(51)28-56-45(59-43)30-13-5-2-6-14-30)31-19-22-47(23-20-31)46(54)57-27-36-34-17-9-7-15-32(34)33-16-8-10-18-35(33)36/h1-18,31,36-45,49-53H,19-28H2/t37-,38-,39+,40+,41+,42+,43+,44?,45?/m0/s1. The van der Waals surface area contributed by atoms with Crippen LogP contribution in [0, 0.1) is 0 Å². The fourth-order valence-electron chi connectivity index (χ4n) is 8.87. The lowest BCUT2D eigenvalue weighted by Crippen LogP contribution is -2.57. The van der Waals surface area contributed by atoms with E-state index >= 15 is 0 Å². The lowest BCUT2D eigenvalue weighted by atomic mass is 9.97. The third kappa shape index (κ3) is 9.40. The third-order valence-electron chi connectivity index (χ3n) is 12.1. The Hall–Kier alpha value is -4.25. The van der Waals surface area contributed by atoms with Crippen LogP contribution in [0.5, 0.6) is 0 Å². The maximum Gasteiger partial charge on any atom is 0.409 e. The van der Waals surface area contributed by atoms with Crippen LogP contribution in [-0.4, -0.2) is 136 Å². The first-order valence-electron chi connectivity index (χ1n) is 20.6. The number of ether oxygens (including phenoxy) is 5. The molecule has 3 saturated heterocycles. The van der Waals surface area contributed by atoms with Crippen LogP contribution >= 0.6 is 0 Å². The van der Waals surface area contributed by atoms with E-state index < -0.39 is 61.4 Å². The largest absolute Gasteiger partial charge is 0.448 e. The van der Waals surface area contributed by atoms with Crippen molar-refractivity contribution in [2.24, 2.45) is 0 Å². The molecule has 3 heterocycles. The van der Waals surface area contributed by atoms with Gasteiger partial charge in [0.05, 0.1) is 31.5 Å². The maximum atomic E-state index is 13.5. The number of amides is 1. The van der Waals surface area contributed by atoms with Crippen LogP contribution in [0.1, 0.15) is 60.0 Å². The molecule has 59 heavy (non-hydrogen) atoms. The summed E-state index contributed by atoms with van der Waals surface area (Å²) in [7, 11) is 0. The molecule has 0 spiro atoms. The molecule has 4 aromatic rings. The number of aliphatic hydroxyl groups is 5. The minimum Gasteiger partial charge on any atom is -0.448 e. The highest BCUT2D eigenvalue weighted by molar-refractivity contribution is 5.79. The van der Waals surface area contributed by atoms with Crippen molar-refractivity contribution in [2.75, 3.05) is 46.0 Å². The number of rotatable bonds is 13. The number of likely N-dealkylation sites (tertiary alicyclic amines) is 1. The van der Waals surface area contributed by atoms with E-state index in [1.807, 2.05) is 89.8 Å². The average Bonchev–Trinajstić information content (AvgIpc) is 3.61. The molecule has 314 valence electrons. The highest BCUT2D eigenvalue weighted by atomic mass is 16.7. The van der Waals surface area contributed by atoms with Gasteiger partial charge in [-0.2, -0.15) is 0 Å². The number of fused-ring (bicyclic) bond motifs is 3. The van der Waals surface area contributed by atoms with Crippen LogP contribution in [0.25, 0.3) is 11.1 Å². The van der Waals surface area contributed by atoms with E-state index in [9.17, 15) is 30.3 Å². The van der Waals surface area contributed by atoms with Crippen LogP contribution in [-0.2, 0) is 23.7 Å². The summed E-state index contributed by atoms with van der Waals surface area (Å²) in [5.74, 6) is -0.0657. The Morgan fingerprint density at radius 2 is 1.24 bits per heavy atom. The molecular weight excluding hydrogens is 757 g/mol. The first-order valence-corrected chi connectivity index (χ1v) is 20.6. The van der Waals surface area contributed by atoms with Crippen molar-refractivity contribution in [3.63, 3.8) is 0 Å². The SMILES string of the molecule is O=C(OCC1c2ccccc2-c2ccccc21)N1CCC(N(C[C@H](O)[C@@H](O)[C@H]2CCOC(c3ccccc3)O2)C[C@H](O)[C@@H](O)[C@@H]2OC(c3ccccc3)OC[C@H]2O)CC1. The Kier molecular flexibility index (Phi) is 13.4. The van der Waals surface area contributed by atoms with E-state index in [0.29, 0.717) is 44.5 Å². The summed E-state index contributed by atoms with van der Waals surface area (Å²) in [6.45, 7) is 0.958. The van der Waals surface area contributed by atoms with Gasteiger partial charge in [-0.05, 0) is 41.5 Å². The monoisotopic (exact) mass is 810 g/mol. The number of aliphatic hydroxyl groups excluding tert-OH is 5. The van der Waals surface area contributed by atoms with Crippen molar-refractivity contribution < 1.29 is 54.0 Å². The van der Waals surface area contributed by atoms with Crippen molar-refractivity contribution in [1.29, 1.82) is 0 Å². The van der Waals surface area contributed by atoms with Crippen molar-refractivity contribution in [3.8, 4) is 11.1 Å². The van der Waals surface area contributed by atoms with Crippen molar-refractivity contribution in [3.05, 3.63) is 131 Å². The Balaban J connectivity index is 0.925. The molecule has 1 aliphatic carbocycles. The number of piperidine rings is 1. The zero-order chi connectivity index (χ0) is 40.9. The van der Waals surface area contributed by atoms with Crippen LogP contribution < -0.4 is 0 Å². The molecule has 5 N–H and O–H groups in total. The Morgan fingerprint density at radius 1 is 0.695 bits per heavy atom. The van der Waals surface area contributed by atoms with Gasteiger partial charge in [0.15, 0.2) is 12.6 Å². The molecule has 0 radical (unpaired) electrons. The fourth-order valence-corrected chi connectivity index (χ4v) is 8.87. The lowest BCUT2D eigenvalue weighted by molar-refractivity contribution is -0.283. The van der Waals surface area contributed by atoms with E-state index in [2.05, 4.69) is 24.3 Å². The molecule has 0 aromatic heterocycles. The molecule has 3 fully saturated rings. The Morgan fingerprint density at radius 3 is 1.85 bits per heavy atom. The van der Waals surface area contributed by atoms with Crippen LogP contribution in [0.3, 0.4) is 0 Å². The third-order valence-corrected chi connectivity index (χ3v) is 12.1. The fraction of sp³-hybridized carbons (Fsp3) is 0.457. The number of hydrogen-bond acceptors (Lipinski definition) is 12. The predicted molar refractivity (Wildman–Crippen MR) is 216 cm³/mol. The Bertz CT molecular complexity index is 1920. The van der Waals surface area contributed by atoms with Gasteiger partial charge in [0.2, 0.25) is 0 Å². The van der Waals surface area contributed by atoms with E-state index in [0.717, 1.165) is 27.8 Å². The van der Waals surface area contributed by atoms with E-state index in [1.165, 1.54) is 0 Å². The van der Waals surface area contributed by atoms with Gasteiger partial charge in [-0.1, -0.05) is 109 Å². The molecule has 0 bridgehead atoms. The topological polar surface area (TPSA) is 171 Å². The lowest BCUT2D eigenvalue weighted by Gasteiger charge is -2.43. The van der Waals surface area contributed by atoms with Crippen LogP contribution in [0.2, 0.25) is 0 Å². The molecule has 8 rings (SSSR count). The van der Waals surface area contributed by atoms with Crippen molar-refractivity contribution >= 4 is 6.09 Å². The highest BCUT2D eigenvalue weighted by Gasteiger charge is 2.42. The molecule has 4 aromatic carbocycles. The van der Waals surface area contributed by atoms with E-state index in [-0.39, 0.29) is 38.3 Å². The summed E-state index contributed by atoms with van der Waals surface area (Å²) in [5.41, 5.74) is 6.07. The zero-order valence-electron chi connectivity index (χ0n) is 32.9. The Labute approximate surface area is 344 Å². The van der Waals surface area contributed by atoms with Gasteiger partial charge in [-0.15, -0.1) is 0 Å². The maximum absolute atomic E-state index is 13.5. The molecule has 13 heteroatoms. The molecule has 1 amide bonds. The van der Waals surface area contributed by atoms with E-state index in [4.69, 9.17) is 23.7 Å². The van der Waals surface area contributed by atoms with E-state index in [1.54, 1.807) is 4.90 Å².